The van der Waals surface area contributed by atoms with Gasteiger partial charge in [0.05, 0.1) is 0 Å². The van der Waals surface area contributed by atoms with Gasteiger partial charge in [0.2, 0.25) is 10.0 Å². The van der Waals surface area contributed by atoms with Crippen LogP contribution in [0.25, 0.3) is 0 Å². The van der Waals surface area contributed by atoms with Crippen LogP contribution in [-0.4, -0.2) is 83.9 Å². The van der Waals surface area contributed by atoms with Gasteiger partial charge in [0.25, 0.3) is 0 Å². The van der Waals surface area contributed by atoms with Crippen LogP contribution in [0.3, 0.4) is 0 Å². The summed E-state index contributed by atoms with van der Waals surface area (Å²) in [6.07, 6.45) is 1.24. The number of amides is 2. The molecule has 0 aromatic carbocycles. The first-order chi connectivity index (χ1) is 11.8. The summed E-state index contributed by atoms with van der Waals surface area (Å²) in [5, 5.41) is 9.15. The number of aromatic carboxylic acids is 1. The van der Waals surface area contributed by atoms with Gasteiger partial charge in [-0.05, 0) is 26.0 Å². The van der Waals surface area contributed by atoms with Gasteiger partial charge >= 0.3 is 12.0 Å². The van der Waals surface area contributed by atoms with E-state index >= 15 is 0 Å². The molecule has 0 unspecified atom stereocenters. The summed E-state index contributed by atoms with van der Waals surface area (Å²) < 4.78 is 26.7. The van der Waals surface area contributed by atoms with Gasteiger partial charge in [0, 0.05) is 45.5 Å². The summed E-state index contributed by atoms with van der Waals surface area (Å²) in [5.74, 6) is -1.39. The summed E-state index contributed by atoms with van der Waals surface area (Å²) in [4.78, 5) is 30.2. The van der Waals surface area contributed by atoms with E-state index in [0.29, 0.717) is 13.1 Å². The van der Waals surface area contributed by atoms with E-state index < -0.39 is 21.7 Å². The second kappa shape index (κ2) is 7.79. The predicted octanol–water partition coefficient (Wildman–Crippen LogP) is 0.548. The Labute approximate surface area is 146 Å². The first-order valence-electron chi connectivity index (χ1n) is 8.05. The van der Waals surface area contributed by atoms with Crippen molar-refractivity contribution in [3.63, 3.8) is 0 Å². The number of carboxylic acid groups (broad SMARTS) is 1. The fourth-order valence-corrected chi connectivity index (χ4v) is 4.27. The lowest BCUT2D eigenvalue weighted by atomic mass is 10.3. The lowest BCUT2D eigenvalue weighted by Gasteiger charge is -2.36. The van der Waals surface area contributed by atoms with E-state index in [0.717, 1.165) is 0 Å². The van der Waals surface area contributed by atoms with Gasteiger partial charge in [-0.3, -0.25) is 0 Å². The zero-order valence-electron chi connectivity index (χ0n) is 14.3. The van der Waals surface area contributed by atoms with Crippen molar-refractivity contribution >= 4 is 22.0 Å². The number of carbonyl (C=O) groups is 2. The number of sulfonamides is 1. The molecule has 1 N–H and O–H groups in total. The molecule has 2 rings (SSSR count). The topological polar surface area (TPSA) is 111 Å². The summed E-state index contributed by atoms with van der Waals surface area (Å²) in [7, 11) is -3.98. The SMILES string of the molecule is CCN(CC)C(=O)N1CCN(S(=O)(=O)c2cccnc2C(=O)O)CC1. The van der Waals surface area contributed by atoms with Crippen molar-refractivity contribution in [2.45, 2.75) is 18.7 Å². The molecule has 0 aliphatic carbocycles. The van der Waals surface area contributed by atoms with Crippen LogP contribution in [0.2, 0.25) is 0 Å². The number of pyridine rings is 1. The third-order valence-electron chi connectivity index (χ3n) is 4.13. The van der Waals surface area contributed by atoms with E-state index in [1.165, 1.54) is 22.6 Å². The molecule has 0 bridgehead atoms. The zero-order valence-corrected chi connectivity index (χ0v) is 15.1. The van der Waals surface area contributed by atoms with Crippen LogP contribution in [-0.2, 0) is 10.0 Å². The Hall–Kier alpha value is -2.20. The largest absolute Gasteiger partial charge is 0.476 e. The highest BCUT2D eigenvalue weighted by Crippen LogP contribution is 2.20. The first-order valence-corrected chi connectivity index (χ1v) is 9.49. The molecule has 9 nitrogen and oxygen atoms in total. The molecule has 1 fully saturated rings. The maximum Gasteiger partial charge on any atom is 0.355 e. The van der Waals surface area contributed by atoms with Crippen LogP contribution in [0, 0.1) is 0 Å². The number of carboxylic acids is 1. The first kappa shape index (κ1) is 19.1. The average molecular weight is 370 g/mol. The van der Waals surface area contributed by atoms with Crippen LogP contribution < -0.4 is 0 Å². The van der Waals surface area contributed by atoms with E-state index in [2.05, 4.69) is 4.98 Å². The molecule has 2 amide bonds. The molecule has 2 heterocycles. The van der Waals surface area contributed by atoms with E-state index in [1.807, 2.05) is 13.8 Å². The van der Waals surface area contributed by atoms with Crippen LogP contribution in [0.15, 0.2) is 23.2 Å². The lowest BCUT2D eigenvalue weighted by Crippen LogP contribution is -2.54. The highest BCUT2D eigenvalue weighted by atomic mass is 32.2. The molecular formula is C15H22N4O5S. The highest BCUT2D eigenvalue weighted by molar-refractivity contribution is 7.89. The van der Waals surface area contributed by atoms with Crippen molar-refractivity contribution in [2.24, 2.45) is 0 Å². The monoisotopic (exact) mass is 370 g/mol. The Morgan fingerprint density at radius 2 is 1.80 bits per heavy atom. The Balaban J connectivity index is 2.15. The number of hydrogen-bond donors (Lipinski definition) is 1. The average Bonchev–Trinajstić information content (AvgIpc) is 2.62. The van der Waals surface area contributed by atoms with Crippen molar-refractivity contribution in [1.82, 2.24) is 19.1 Å². The minimum atomic E-state index is -3.98. The lowest BCUT2D eigenvalue weighted by molar-refractivity contribution is 0.0685. The standard InChI is InChI=1S/C15H22N4O5S/c1-3-17(4-2)15(22)18-8-10-19(11-9-18)25(23,24)12-6-5-7-16-13(12)14(20)21/h5-7H,3-4,8-11H2,1-2H3,(H,20,21). The van der Waals surface area contributed by atoms with Crippen molar-refractivity contribution in [3.05, 3.63) is 24.0 Å². The fraction of sp³-hybridized carbons (Fsp3) is 0.533. The van der Waals surface area contributed by atoms with Crippen LogP contribution in [0.1, 0.15) is 24.3 Å². The van der Waals surface area contributed by atoms with Crippen molar-refractivity contribution in [2.75, 3.05) is 39.3 Å². The molecule has 0 saturated carbocycles. The Kier molecular flexibility index (Phi) is 5.96. The van der Waals surface area contributed by atoms with Gasteiger partial charge in [-0.15, -0.1) is 0 Å². The number of aromatic nitrogens is 1. The van der Waals surface area contributed by atoms with Gasteiger partial charge < -0.3 is 14.9 Å². The Bertz CT molecular complexity index is 740. The van der Waals surface area contributed by atoms with Crippen LogP contribution >= 0.6 is 0 Å². The minimum absolute atomic E-state index is 0.114. The maximum atomic E-state index is 12.7. The molecule has 25 heavy (non-hydrogen) atoms. The molecule has 0 atom stereocenters. The smallest absolute Gasteiger partial charge is 0.355 e. The van der Waals surface area contributed by atoms with Crippen molar-refractivity contribution < 1.29 is 23.1 Å². The molecule has 1 aliphatic rings. The summed E-state index contributed by atoms with van der Waals surface area (Å²) in [6, 6.07) is 2.51. The predicted molar refractivity (Wildman–Crippen MR) is 89.8 cm³/mol. The Morgan fingerprint density at radius 3 is 2.32 bits per heavy atom. The molecule has 138 valence electrons. The number of piperazine rings is 1. The van der Waals surface area contributed by atoms with Gasteiger partial charge in [0.15, 0.2) is 5.69 Å². The molecule has 10 heteroatoms. The van der Waals surface area contributed by atoms with Gasteiger partial charge in [-0.25, -0.2) is 23.0 Å². The van der Waals surface area contributed by atoms with E-state index in [9.17, 15) is 18.0 Å². The quantitative estimate of drug-likeness (QED) is 0.810. The molecule has 1 aliphatic heterocycles. The summed E-state index contributed by atoms with van der Waals surface area (Å²) >= 11 is 0. The van der Waals surface area contributed by atoms with Gasteiger partial charge in [-0.1, -0.05) is 0 Å². The van der Waals surface area contributed by atoms with E-state index in [1.54, 1.807) is 9.80 Å². The molecule has 1 aromatic heterocycles. The van der Waals surface area contributed by atoms with E-state index in [4.69, 9.17) is 5.11 Å². The van der Waals surface area contributed by atoms with Crippen molar-refractivity contribution in [3.8, 4) is 0 Å². The second-order valence-electron chi connectivity index (χ2n) is 5.50. The van der Waals surface area contributed by atoms with Gasteiger partial charge in [-0.2, -0.15) is 4.31 Å². The number of hydrogen-bond acceptors (Lipinski definition) is 5. The summed E-state index contributed by atoms with van der Waals surface area (Å²) in [5.41, 5.74) is -0.496. The molecule has 0 radical (unpaired) electrons. The van der Waals surface area contributed by atoms with Gasteiger partial charge in [0.1, 0.15) is 4.90 Å². The third-order valence-corrected chi connectivity index (χ3v) is 6.06. The van der Waals surface area contributed by atoms with Crippen molar-refractivity contribution in [1.29, 1.82) is 0 Å². The maximum absolute atomic E-state index is 12.7. The molecular weight excluding hydrogens is 348 g/mol. The van der Waals surface area contributed by atoms with Crippen LogP contribution in [0.4, 0.5) is 4.79 Å². The Morgan fingerprint density at radius 1 is 1.20 bits per heavy atom. The molecule has 1 aromatic rings. The third kappa shape index (κ3) is 3.90. The minimum Gasteiger partial charge on any atom is -0.476 e. The highest BCUT2D eigenvalue weighted by Gasteiger charge is 2.33. The number of carbonyl (C=O) groups excluding carboxylic acids is 1. The summed E-state index contributed by atoms with van der Waals surface area (Å²) in [6.45, 7) is 5.70. The number of nitrogens with zero attached hydrogens (tertiary/aromatic N) is 4. The molecule has 1 saturated heterocycles. The molecule has 0 spiro atoms. The fourth-order valence-electron chi connectivity index (χ4n) is 2.71. The second-order valence-corrected chi connectivity index (χ2v) is 7.41. The van der Waals surface area contributed by atoms with Crippen LogP contribution in [0.5, 0.6) is 0 Å². The van der Waals surface area contributed by atoms with E-state index in [-0.39, 0.29) is 37.1 Å². The zero-order chi connectivity index (χ0) is 18.6. The number of urea groups is 1. The number of rotatable bonds is 5. The normalized spacial score (nSPS) is 15.8.